The fourth-order valence-corrected chi connectivity index (χ4v) is 1.45. The first-order chi connectivity index (χ1) is 6.20. The lowest BCUT2D eigenvalue weighted by molar-refractivity contribution is 1.17. The molecule has 1 aromatic heterocycles. The number of benzene rings is 1. The zero-order valence-corrected chi connectivity index (χ0v) is 7.86. The minimum atomic E-state index is -0.219. The largest absolute Gasteiger partial charge is 0.313 e. The van der Waals surface area contributed by atoms with Gasteiger partial charge in [-0.15, -0.1) is 0 Å². The Morgan fingerprint density at radius 1 is 1.31 bits per heavy atom. The average Bonchev–Trinajstić information content (AvgIpc) is 2.12. The van der Waals surface area contributed by atoms with Gasteiger partial charge >= 0.3 is 0 Å². The van der Waals surface area contributed by atoms with Gasteiger partial charge in [-0.1, -0.05) is 23.2 Å². The number of fused-ring (bicyclic) bond motifs is 1. The van der Waals surface area contributed by atoms with E-state index in [4.69, 9.17) is 23.2 Å². The third-order valence-electron chi connectivity index (χ3n) is 1.70. The maximum absolute atomic E-state index is 11.2. The van der Waals surface area contributed by atoms with Crippen molar-refractivity contribution in [3.8, 4) is 0 Å². The van der Waals surface area contributed by atoms with E-state index in [1.807, 2.05) is 0 Å². The molecule has 0 saturated carbocycles. The molecule has 3 nitrogen and oxygen atoms in total. The normalized spacial score (nSPS) is 10.6. The van der Waals surface area contributed by atoms with Crippen molar-refractivity contribution in [3.63, 3.8) is 0 Å². The van der Waals surface area contributed by atoms with E-state index in [0.29, 0.717) is 20.9 Å². The summed E-state index contributed by atoms with van der Waals surface area (Å²) in [5.41, 5.74) is 0.210. The van der Waals surface area contributed by atoms with Crippen LogP contribution in [0, 0.1) is 0 Å². The Morgan fingerprint density at radius 3 is 2.85 bits per heavy atom. The number of aromatic nitrogens is 2. The summed E-state index contributed by atoms with van der Waals surface area (Å²) in [6.07, 6.45) is 1.30. The quantitative estimate of drug-likeness (QED) is 0.732. The topological polar surface area (TPSA) is 45.8 Å². The van der Waals surface area contributed by atoms with Crippen LogP contribution < -0.4 is 5.56 Å². The van der Waals surface area contributed by atoms with Crippen LogP contribution in [0.3, 0.4) is 0 Å². The molecule has 0 amide bonds. The summed E-state index contributed by atoms with van der Waals surface area (Å²) in [4.78, 5) is 17.6. The molecule has 0 radical (unpaired) electrons. The summed E-state index contributed by atoms with van der Waals surface area (Å²) < 4.78 is 0. The predicted octanol–water partition coefficient (Wildman–Crippen LogP) is 2.23. The fourth-order valence-electron chi connectivity index (χ4n) is 1.08. The summed E-state index contributed by atoms with van der Waals surface area (Å²) in [5, 5.41) is 1.15. The van der Waals surface area contributed by atoms with Gasteiger partial charge in [0.2, 0.25) is 0 Å². The third kappa shape index (κ3) is 1.30. The van der Waals surface area contributed by atoms with Gasteiger partial charge in [-0.3, -0.25) is 4.79 Å². The SMILES string of the molecule is O=c1[nH]cnc2c(Cl)c(Cl)ccc12. The third-order valence-corrected chi connectivity index (χ3v) is 2.50. The minimum absolute atomic E-state index is 0.219. The van der Waals surface area contributed by atoms with Crippen molar-refractivity contribution in [1.82, 2.24) is 9.97 Å². The second kappa shape index (κ2) is 3.01. The molecule has 0 fully saturated rings. The van der Waals surface area contributed by atoms with E-state index in [-0.39, 0.29) is 5.56 Å². The first-order valence-electron chi connectivity index (χ1n) is 3.51. The van der Waals surface area contributed by atoms with Crippen LogP contribution >= 0.6 is 23.2 Å². The summed E-state index contributed by atoms with van der Waals surface area (Å²) in [5.74, 6) is 0. The molecule has 0 aliphatic carbocycles. The number of halogens is 2. The van der Waals surface area contributed by atoms with Crippen LogP contribution in [0.25, 0.3) is 10.9 Å². The maximum atomic E-state index is 11.2. The van der Waals surface area contributed by atoms with Gasteiger partial charge in [-0.2, -0.15) is 0 Å². The van der Waals surface area contributed by atoms with E-state index in [1.54, 1.807) is 12.1 Å². The van der Waals surface area contributed by atoms with Crippen LogP contribution in [0.15, 0.2) is 23.3 Å². The van der Waals surface area contributed by atoms with Crippen LogP contribution in [-0.4, -0.2) is 9.97 Å². The molecule has 1 aromatic carbocycles. The smallest absolute Gasteiger partial charge is 0.258 e. The molecule has 0 unspecified atom stereocenters. The Morgan fingerprint density at radius 2 is 2.08 bits per heavy atom. The summed E-state index contributed by atoms with van der Waals surface area (Å²) in [7, 11) is 0. The Labute approximate surface area is 83.3 Å². The number of nitrogens with zero attached hydrogens (tertiary/aromatic N) is 1. The highest BCUT2D eigenvalue weighted by molar-refractivity contribution is 6.44. The molecule has 0 atom stereocenters. The minimum Gasteiger partial charge on any atom is -0.313 e. The monoisotopic (exact) mass is 214 g/mol. The Kier molecular flexibility index (Phi) is 1.98. The molecule has 0 bridgehead atoms. The van der Waals surface area contributed by atoms with Gasteiger partial charge in [0.05, 0.1) is 27.3 Å². The maximum Gasteiger partial charge on any atom is 0.258 e. The first-order valence-corrected chi connectivity index (χ1v) is 4.27. The zero-order valence-electron chi connectivity index (χ0n) is 6.34. The van der Waals surface area contributed by atoms with Crippen molar-refractivity contribution in [1.29, 1.82) is 0 Å². The Hall–Kier alpha value is -1.06. The molecule has 1 heterocycles. The molecule has 0 aliphatic rings. The number of rotatable bonds is 0. The van der Waals surface area contributed by atoms with Gasteiger partial charge in [-0.25, -0.2) is 4.98 Å². The van der Waals surface area contributed by atoms with Crippen LogP contribution in [0.2, 0.25) is 10.0 Å². The molecule has 5 heteroatoms. The average molecular weight is 215 g/mol. The van der Waals surface area contributed by atoms with Crippen LogP contribution in [0.1, 0.15) is 0 Å². The first kappa shape index (κ1) is 8.53. The number of nitrogens with one attached hydrogen (secondary N) is 1. The summed E-state index contributed by atoms with van der Waals surface area (Å²) in [6.45, 7) is 0. The lowest BCUT2D eigenvalue weighted by Crippen LogP contribution is -2.06. The summed E-state index contributed by atoms with van der Waals surface area (Å²) >= 11 is 11.6. The zero-order chi connectivity index (χ0) is 9.42. The van der Waals surface area contributed by atoms with Gasteiger partial charge in [-0.05, 0) is 12.1 Å². The van der Waals surface area contributed by atoms with Gasteiger partial charge in [0.1, 0.15) is 0 Å². The molecule has 66 valence electrons. The van der Waals surface area contributed by atoms with Crippen molar-refractivity contribution in [2.24, 2.45) is 0 Å². The molecule has 0 spiro atoms. The van der Waals surface area contributed by atoms with Gasteiger partial charge in [0, 0.05) is 0 Å². The second-order valence-electron chi connectivity index (χ2n) is 2.49. The van der Waals surface area contributed by atoms with Crippen molar-refractivity contribution in [3.05, 3.63) is 38.9 Å². The fraction of sp³-hybridized carbons (Fsp3) is 0. The summed E-state index contributed by atoms with van der Waals surface area (Å²) in [6, 6.07) is 3.17. The van der Waals surface area contributed by atoms with E-state index in [0.717, 1.165) is 0 Å². The van der Waals surface area contributed by atoms with Crippen LogP contribution in [-0.2, 0) is 0 Å². The highest BCUT2D eigenvalue weighted by atomic mass is 35.5. The molecular formula is C8H4Cl2N2O. The molecular weight excluding hydrogens is 211 g/mol. The van der Waals surface area contributed by atoms with E-state index < -0.39 is 0 Å². The molecule has 0 saturated heterocycles. The molecule has 2 aromatic rings. The molecule has 2 rings (SSSR count). The standard InChI is InChI=1S/C8H4Cl2N2O/c9-5-2-1-4-7(6(5)10)11-3-12-8(4)13/h1-3H,(H,11,12,13). The van der Waals surface area contributed by atoms with Gasteiger partial charge in [0.15, 0.2) is 0 Å². The number of hydrogen-bond donors (Lipinski definition) is 1. The van der Waals surface area contributed by atoms with Crippen molar-refractivity contribution in [2.45, 2.75) is 0 Å². The molecule has 1 N–H and O–H groups in total. The van der Waals surface area contributed by atoms with Crippen molar-refractivity contribution < 1.29 is 0 Å². The Bertz CT molecular complexity index is 521. The predicted molar refractivity (Wildman–Crippen MR) is 52.4 cm³/mol. The molecule has 0 aliphatic heterocycles. The highest BCUT2D eigenvalue weighted by Crippen LogP contribution is 2.27. The molecule has 13 heavy (non-hydrogen) atoms. The van der Waals surface area contributed by atoms with Gasteiger partial charge in [0.25, 0.3) is 5.56 Å². The van der Waals surface area contributed by atoms with Crippen LogP contribution in [0.4, 0.5) is 0 Å². The lowest BCUT2D eigenvalue weighted by Gasteiger charge is -1.99. The number of H-pyrrole nitrogens is 1. The van der Waals surface area contributed by atoms with E-state index in [2.05, 4.69) is 9.97 Å². The van der Waals surface area contributed by atoms with Gasteiger partial charge < -0.3 is 4.98 Å². The van der Waals surface area contributed by atoms with Crippen LogP contribution in [0.5, 0.6) is 0 Å². The van der Waals surface area contributed by atoms with Crippen molar-refractivity contribution >= 4 is 34.1 Å². The Balaban J connectivity index is 3.03. The number of hydrogen-bond acceptors (Lipinski definition) is 2. The number of aromatic amines is 1. The highest BCUT2D eigenvalue weighted by Gasteiger charge is 2.06. The van der Waals surface area contributed by atoms with E-state index in [1.165, 1.54) is 6.33 Å². The van der Waals surface area contributed by atoms with Crippen molar-refractivity contribution in [2.75, 3.05) is 0 Å². The second-order valence-corrected chi connectivity index (χ2v) is 3.27. The van der Waals surface area contributed by atoms with E-state index in [9.17, 15) is 4.79 Å². The lowest BCUT2D eigenvalue weighted by atomic mass is 10.2. The van der Waals surface area contributed by atoms with E-state index >= 15 is 0 Å².